The lowest BCUT2D eigenvalue weighted by atomic mass is 10.1. The van der Waals surface area contributed by atoms with Gasteiger partial charge < -0.3 is 14.2 Å². The van der Waals surface area contributed by atoms with E-state index in [0.29, 0.717) is 47.8 Å². The maximum Gasteiger partial charge on any atom is 0.256 e. The summed E-state index contributed by atoms with van der Waals surface area (Å²) in [6.07, 6.45) is 4.82. The Hall–Kier alpha value is -3.07. The zero-order valence-corrected chi connectivity index (χ0v) is 17.5. The maximum atomic E-state index is 12.7. The molecule has 0 spiro atoms. The van der Waals surface area contributed by atoms with Gasteiger partial charge in [0.25, 0.3) is 5.91 Å². The van der Waals surface area contributed by atoms with Crippen LogP contribution in [0.2, 0.25) is 0 Å². The van der Waals surface area contributed by atoms with Crippen molar-refractivity contribution < 1.29 is 33.8 Å². The third-order valence-electron chi connectivity index (χ3n) is 4.85. The molecule has 2 rings (SSSR count). The summed E-state index contributed by atoms with van der Waals surface area (Å²) in [4.78, 5) is 37.2. The fourth-order valence-electron chi connectivity index (χ4n) is 3.31. The number of rotatable bonds is 11. The highest BCUT2D eigenvalue weighted by Gasteiger charge is 2.33. The molecule has 3 amide bonds. The number of carbonyl (C=O) groups excluding carboxylic acids is 3. The van der Waals surface area contributed by atoms with Crippen molar-refractivity contribution in [1.82, 2.24) is 10.4 Å². The highest BCUT2D eigenvalue weighted by atomic mass is 16.5. The average molecular weight is 420 g/mol. The molecule has 0 unspecified atom stereocenters. The minimum absolute atomic E-state index is 0.0478. The number of nitrogens with zero attached hydrogens (tertiary/aromatic N) is 1. The van der Waals surface area contributed by atoms with Crippen molar-refractivity contribution in [2.24, 2.45) is 0 Å². The lowest BCUT2D eigenvalue weighted by Gasteiger charge is -2.14. The number of nitrogens with one attached hydrogen (secondary N) is 1. The first-order valence-electron chi connectivity index (χ1n) is 9.73. The fourth-order valence-corrected chi connectivity index (χ4v) is 3.31. The number of hydrogen-bond acceptors (Lipinski definition) is 7. The third-order valence-corrected chi connectivity index (χ3v) is 4.85. The lowest BCUT2D eigenvalue weighted by Crippen LogP contribution is -2.30. The summed E-state index contributed by atoms with van der Waals surface area (Å²) < 4.78 is 15.9. The molecule has 9 nitrogen and oxygen atoms in total. The molecule has 9 heteroatoms. The van der Waals surface area contributed by atoms with Crippen LogP contribution in [-0.2, 0) is 14.4 Å². The molecule has 0 atom stereocenters. The molecule has 1 heterocycles. The third kappa shape index (κ3) is 5.73. The van der Waals surface area contributed by atoms with Crippen LogP contribution in [0.1, 0.15) is 44.1 Å². The number of unbranched alkanes of at least 4 members (excludes halogenated alkanes) is 3. The number of hydrogen-bond donors (Lipinski definition) is 2. The number of benzene rings is 1. The molecular weight excluding hydrogens is 392 g/mol. The SMILES string of the molecule is COc1cc(/C=C2\CC(=O)N(CCCCCCC(=O)NO)C2=O)cc(OC)c1OC. The van der Waals surface area contributed by atoms with Crippen LogP contribution >= 0.6 is 0 Å². The fraction of sp³-hybridized carbons (Fsp3) is 0.476. The predicted molar refractivity (Wildman–Crippen MR) is 108 cm³/mol. The van der Waals surface area contributed by atoms with Crippen LogP contribution < -0.4 is 19.7 Å². The second-order valence-electron chi connectivity index (χ2n) is 6.85. The summed E-state index contributed by atoms with van der Waals surface area (Å²) in [5.41, 5.74) is 2.67. The molecule has 0 aromatic heterocycles. The van der Waals surface area contributed by atoms with E-state index in [1.54, 1.807) is 23.7 Å². The van der Waals surface area contributed by atoms with Gasteiger partial charge in [-0.2, -0.15) is 0 Å². The Morgan fingerprint density at radius 1 is 1.07 bits per heavy atom. The number of methoxy groups -OCH3 is 3. The van der Waals surface area contributed by atoms with Crippen LogP contribution in [0.5, 0.6) is 17.2 Å². The molecule has 1 fully saturated rings. The summed E-state index contributed by atoms with van der Waals surface area (Å²) in [7, 11) is 4.53. The molecule has 0 saturated carbocycles. The van der Waals surface area contributed by atoms with E-state index in [4.69, 9.17) is 19.4 Å². The molecular formula is C21H28N2O7. The van der Waals surface area contributed by atoms with Gasteiger partial charge in [0.15, 0.2) is 11.5 Å². The van der Waals surface area contributed by atoms with Crippen LogP contribution in [0.3, 0.4) is 0 Å². The van der Waals surface area contributed by atoms with E-state index in [1.807, 2.05) is 0 Å². The lowest BCUT2D eigenvalue weighted by molar-refractivity contribution is -0.137. The Morgan fingerprint density at radius 2 is 1.70 bits per heavy atom. The van der Waals surface area contributed by atoms with Crippen molar-refractivity contribution in [3.05, 3.63) is 23.3 Å². The number of likely N-dealkylation sites (tertiary alicyclic amines) is 1. The molecule has 1 aliphatic heterocycles. The number of carbonyl (C=O) groups is 3. The Labute approximate surface area is 175 Å². The molecule has 1 aliphatic rings. The summed E-state index contributed by atoms with van der Waals surface area (Å²) in [5.74, 6) is 0.446. The first kappa shape index (κ1) is 23.2. The van der Waals surface area contributed by atoms with Crippen molar-refractivity contribution in [3.8, 4) is 17.2 Å². The minimum atomic E-state index is -0.415. The van der Waals surface area contributed by atoms with E-state index in [-0.39, 0.29) is 24.7 Å². The molecule has 164 valence electrons. The molecule has 0 radical (unpaired) electrons. The topological polar surface area (TPSA) is 114 Å². The van der Waals surface area contributed by atoms with Crippen LogP contribution in [0, 0.1) is 0 Å². The van der Waals surface area contributed by atoms with Gasteiger partial charge >= 0.3 is 0 Å². The maximum absolute atomic E-state index is 12.7. The number of amides is 3. The van der Waals surface area contributed by atoms with Gasteiger partial charge in [0, 0.05) is 18.5 Å². The number of imide groups is 1. The standard InChI is InChI=1S/C21H28N2O7/c1-28-16-11-14(12-17(29-2)20(16)30-3)10-15-13-19(25)23(21(15)26)9-7-5-4-6-8-18(24)22-27/h10-12,27H,4-9,13H2,1-3H3,(H,22,24)/b15-10+. The zero-order valence-electron chi connectivity index (χ0n) is 17.5. The Bertz CT molecular complexity index is 795. The van der Waals surface area contributed by atoms with Gasteiger partial charge in [-0.3, -0.25) is 24.5 Å². The Balaban J connectivity index is 2.00. The van der Waals surface area contributed by atoms with Gasteiger partial charge in [-0.05, 0) is 36.6 Å². The monoisotopic (exact) mass is 420 g/mol. The van der Waals surface area contributed by atoms with Crippen molar-refractivity contribution in [2.75, 3.05) is 27.9 Å². The number of hydroxylamine groups is 1. The van der Waals surface area contributed by atoms with E-state index in [0.717, 1.165) is 12.8 Å². The predicted octanol–water partition coefficient (Wildman–Crippen LogP) is 2.31. The normalized spacial score (nSPS) is 14.9. The Morgan fingerprint density at radius 3 is 2.27 bits per heavy atom. The molecule has 1 saturated heterocycles. The van der Waals surface area contributed by atoms with E-state index >= 15 is 0 Å². The van der Waals surface area contributed by atoms with Crippen molar-refractivity contribution in [3.63, 3.8) is 0 Å². The minimum Gasteiger partial charge on any atom is -0.493 e. The molecule has 0 bridgehead atoms. The smallest absolute Gasteiger partial charge is 0.256 e. The van der Waals surface area contributed by atoms with Crippen molar-refractivity contribution in [2.45, 2.75) is 38.5 Å². The molecule has 2 N–H and O–H groups in total. The van der Waals surface area contributed by atoms with Crippen LogP contribution in [0.15, 0.2) is 17.7 Å². The van der Waals surface area contributed by atoms with E-state index in [1.165, 1.54) is 26.2 Å². The average Bonchev–Trinajstić information content (AvgIpc) is 3.01. The largest absolute Gasteiger partial charge is 0.493 e. The second kappa shape index (κ2) is 11.2. The van der Waals surface area contributed by atoms with E-state index in [9.17, 15) is 14.4 Å². The van der Waals surface area contributed by atoms with Crippen molar-refractivity contribution >= 4 is 23.8 Å². The highest BCUT2D eigenvalue weighted by molar-refractivity contribution is 6.15. The van der Waals surface area contributed by atoms with Gasteiger partial charge in [0.2, 0.25) is 17.6 Å². The molecule has 1 aromatic carbocycles. The number of ether oxygens (including phenoxy) is 3. The van der Waals surface area contributed by atoms with Gasteiger partial charge in [-0.15, -0.1) is 0 Å². The first-order valence-corrected chi connectivity index (χ1v) is 9.73. The van der Waals surface area contributed by atoms with E-state index in [2.05, 4.69) is 0 Å². The van der Waals surface area contributed by atoms with Gasteiger partial charge in [0.1, 0.15) is 0 Å². The summed E-state index contributed by atoms with van der Waals surface area (Å²) in [6.45, 7) is 0.344. The summed E-state index contributed by atoms with van der Waals surface area (Å²) >= 11 is 0. The quantitative estimate of drug-likeness (QED) is 0.186. The van der Waals surface area contributed by atoms with Crippen LogP contribution in [0.4, 0.5) is 0 Å². The highest BCUT2D eigenvalue weighted by Crippen LogP contribution is 2.39. The van der Waals surface area contributed by atoms with Gasteiger partial charge in [-0.1, -0.05) is 12.8 Å². The summed E-state index contributed by atoms with van der Waals surface area (Å²) in [6, 6.07) is 3.44. The van der Waals surface area contributed by atoms with Crippen LogP contribution in [0.25, 0.3) is 6.08 Å². The second-order valence-corrected chi connectivity index (χ2v) is 6.85. The van der Waals surface area contributed by atoms with E-state index < -0.39 is 5.91 Å². The first-order chi connectivity index (χ1) is 14.4. The zero-order chi connectivity index (χ0) is 22.1. The Kier molecular flexibility index (Phi) is 8.67. The molecule has 1 aromatic rings. The van der Waals surface area contributed by atoms with Gasteiger partial charge in [-0.25, -0.2) is 5.48 Å². The van der Waals surface area contributed by atoms with Crippen molar-refractivity contribution in [1.29, 1.82) is 0 Å². The van der Waals surface area contributed by atoms with Gasteiger partial charge in [0.05, 0.1) is 27.8 Å². The molecule has 0 aliphatic carbocycles. The van der Waals surface area contributed by atoms with Crippen LogP contribution in [-0.4, -0.2) is 55.7 Å². The summed E-state index contributed by atoms with van der Waals surface area (Å²) in [5, 5.41) is 8.45. The molecule has 30 heavy (non-hydrogen) atoms.